The fourth-order valence-electron chi connectivity index (χ4n) is 2.95. The zero-order valence-electron chi connectivity index (χ0n) is 16.1. The molecule has 3 rings (SSSR count). The van der Waals surface area contributed by atoms with Crippen molar-refractivity contribution in [3.8, 4) is 0 Å². The Balaban J connectivity index is 1.97. The predicted molar refractivity (Wildman–Crippen MR) is 112 cm³/mol. The molecule has 1 heterocycles. The zero-order valence-corrected chi connectivity index (χ0v) is 17.6. The molecule has 2 aromatic carbocycles. The molecule has 0 radical (unpaired) electrons. The highest BCUT2D eigenvalue weighted by Gasteiger charge is 2.34. The van der Waals surface area contributed by atoms with Gasteiger partial charge in [-0.3, -0.25) is 14.5 Å². The molecule has 2 aromatic rings. The number of alkyl halides is 4. The fourth-order valence-corrected chi connectivity index (χ4v) is 4.23. The second kappa shape index (κ2) is 8.35. The molecule has 1 aliphatic rings. The number of halogens is 4. The van der Waals surface area contributed by atoms with Gasteiger partial charge in [0.05, 0.1) is 28.1 Å². The SMILES string of the molecule is Cc1ccc(S(=O)(=O)NC2=CC(Cl)CN=C2C(=O)c2cccc(N)c2)cc1C(F)(F)F. The molecule has 164 valence electrons. The molecule has 0 fully saturated rings. The van der Waals surface area contributed by atoms with Gasteiger partial charge in [0.1, 0.15) is 5.71 Å². The average Bonchev–Trinajstić information content (AvgIpc) is 2.66. The van der Waals surface area contributed by atoms with E-state index >= 15 is 0 Å². The summed E-state index contributed by atoms with van der Waals surface area (Å²) in [6, 6.07) is 8.65. The van der Waals surface area contributed by atoms with Gasteiger partial charge in [-0.05, 0) is 42.8 Å². The molecule has 0 aliphatic carbocycles. The summed E-state index contributed by atoms with van der Waals surface area (Å²) in [4.78, 5) is 16.3. The van der Waals surface area contributed by atoms with Gasteiger partial charge >= 0.3 is 6.18 Å². The van der Waals surface area contributed by atoms with Crippen molar-refractivity contribution in [3.63, 3.8) is 0 Å². The molecule has 0 amide bonds. The van der Waals surface area contributed by atoms with Crippen molar-refractivity contribution >= 4 is 38.8 Å². The third-order valence-corrected chi connectivity index (χ3v) is 6.09. The van der Waals surface area contributed by atoms with Crippen molar-refractivity contribution in [2.24, 2.45) is 4.99 Å². The lowest BCUT2D eigenvalue weighted by Gasteiger charge is -2.19. The predicted octanol–water partition coefficient (Wildman–Crippen LogP) is 3.70. The van der Waals surface area contributed by atoms with Crippen LogP contribution >= 0.6 is 11.6 Å². The average molecular weight is 472 g/mol. The summed E-state index contributed by atoms with van der Waals surface area (Å²) in [5.41, 5.74) is 4.56. The molecule has 6 nitrogen and oxygen atoms in total. The number of rotatable bonds is 5. The molecular weight excluding hydrogens is 455 g/mol. The number of hydrogen-bond donors (Lipinski definition) is 2. The van der Waals surface area contributed by atoms with Crippen LogP contribution in [0.25, 0.3) is 0 Å². The largest absolute Gasteiger partial charge is 0.416 e. The Kier molecular flexibility index (Phi) is 6.15. The van der Waals surface area contributed by atoms with Crippen LogP contribution in [-0.4, -0.2) is 31.8 Å². The normalized spacial score (nSPS) is 17.0. The van der Waals surface area contributed by atoms with E-state index in [0.29, 0.717) is 11.8 Å². The molecule has 31 heavy (non-hydrogen) atoms. The van der Waals surface area contributed by atoms with E-state index in [9.17, 15) is 26.4 Å². The number of anilines is 1. The van der Waals surface area contributed by atoms with E-state index in [0.717, 1.165) is 12.1 Å². The number of carbonyl (C=O) groups is 1. The Morgan fingerprint density at radius 1 is 1.23 bits per heavy atom. The standard InChI is InChI=1S/C20H17ClF3N3O3S/c1-11-5-6-15(9-16(11)20(22,23)24)31(29,30)27-17-8-13(21)10-26-18(17)19(28)12-3-2-4-14(25)7-12/h2-9,13,27H,10,25H2,1H3. The zero-order chi connectivity index (χ0) is 23.0. The smallest absolute Gasteiger partial charge is 0.399 e. The minimum atomic E-state index is -4.73. The Bertz CT molecular complexity index is 1210. The number of nitrogen functional groups attached to an aromatic ring is 1. The lowest BCUT2D eigenvalue weighted by Crippen LogP contribution is -2.35. The number of hydrogen-bond acceptors (Lipinski definition) is 5. The molecule has 3 N–H and O–H groups in total. The third kappa shape index (κ3) is 5.08. The number of dihydropyridines is 1. The van der Waals surface area contributed by atoms with Gasteiger partial charge in [0, 0.05) is 11.3 Å². The second-order valence-corrected chi connectivity index (χ2v) is 9.06. The summed E-state index contributed by atoms with van der Waals surface area (Å²) >= 11 is 6.03. The van der Waals surface area contributed by atoms with E-state index in [4.69, 9.17) is 17.3 Å². The van der Waals surface area contributed by atoms with Gasteiger partial charge in [-0.25, -0.2) is 8.42 Å². The number of sulfonamides is 1. The summed E-state index contributed by atoms with van der Waals surface area (Å²) in [5.74, 6) is -0.607. The van der Waals surface area contributed by atoms with Crippen LogP contribution in [0.4, 0.5) is 18.9 Å². The van der Waals surface area contributed by atoms with Gasteiger partial charge in [0.15, 0.2) is 0 Å². The number of Topliss-reactive ketones (excluding diaryl/α,β-unsaturated/α-hetero) is 1. The van der Waals surface area contributed by atoms with Gasteiger partial charge < -0.3 is 5.73 Å². The first-order valence-electron chi connectivity index (χ1n) is 8.90. The maximum absolute atomic E-state index is 13.2. The minimum absolute atomic E-state index is 0.0267. The van der Waals surface area contributed by atoms with Gasteiger partial charge in [-0.1, -0.05) is 18.2 Å². The molecule has 11 heteroatoms. The van der Waals surface area contributed by atoms with Crippen molar-refractivity contribution < 1.29 is 26.4 Å². The summed E-state index contributed by atoms with van der Waals surface area (Å²) in [6.07, 6.45) is -3.44. The summed E-state index contributed by atoms with van der Waals surface area (Å²) in [6.45, 7) is 1.25. The molecule has 1 unspecified atom stereocenters. The molecule has 1 atom stereocenters. The number of aryl methyl sites for hydroxylation is 1. The number of allylic oxidation sites excluding steroid dienone is 1. The summed E-state index contributed by atoms with van der Waals surface area (Å²) in [7, 11) is -4.47. The first-order valence-corrected chi connectivity index (χ1v) is 10.8. The van der Waals surface area contributed by atoms with Gasteiger partial charge in [0.2, 0.25) is 5.78 Å². The van der Waals surface area contributed by atoms with Crippen LogP contribution in [0.15, 0.2) is 64.1 Å². The van der Waals surface area contributed by atoms with Crippen LogP contribution in [-0.2, 0) is 16.2 Å². The van der Waals surface area contributed by atoms with E-state index in [-0.39, 0.29) is 29.1 Å². The van der Waals surface area contributed by atoms with Gasteiger partial charge in [-0.2, -0.15) is 13.2 Å². The Labute approximate surface area is 181 Å². The second-order valence-electron chi connectivity index (χ2n) is 6.82. The summed E-state index contributed by atoms with van der Waals surface area (Å²) < 4.78 is 67.4. The fraction of sp³-hybridized carbons (Fsp3) is 0.200. The molecule has 0 saturated heterocycles. The third-order valence-electron chi connectivity index (χ3n) is 4.46. The number of aliphatic imine (C=N–C) groups is 1. The number of benzene rings is 2. The minimum Gasteiger partial charge on any atom is -0.399 e. The monoisotopic (exact) mass is 471 g/mol. The van der Waals surface area contributed by atoms with Crippen LogP contribution in [0, 0.1) is 6.92 Å². The van der Waals surface area contributed by atoms with Crippen LogP contribution in [0.5, 0.6) is 0 Å². The first kappa shape index (κ1) is 22.8. The van der Waals surface area contributed by atoms with Gasteiger partial charge in [-0.15, -0.1) is 11.6 Å². The number of carbonyl (C=O) groups excluding carboxylic acids is 1. The molecule has 0 bridgehead atoms. The van der Waals surface area contributed by atoms with E-state index in [2.05, 4.69) is 9.71 Å². The van der Waals surface area contributed by atoms with Crippen molar-refractivity contribution in [3.05, 3.63) is 70.9 Å². The van der Waals surface area contributed by atoms with Gasteiger partial charge in [0.25, 0.3) is 10.0 Å². The van der Waals surface area contributed by atoms with E-state index in [1.807, 2.05) is 0 Å². The van der Waals surface area contributed by atoms with Crippen LogP contribution in [0.3, 0.4) is 0 Å². The van der Waals surface area contributed by atoms with Crippen molar-refractivity contribution in [1.29, 1.82) is 0 Å². The summed E-state index contributed by atoms with van der Waals surface area (Å²) in [5, 5.41) is -0.709. The Morgan fingerprint density at radius 2 is 1.94 bits per heavy atom. The van der Waals surface area contributed by atoms with Crippen molar-refractivity contribution in [2.45, 2.75) is 23.4 Å². The number of nitrogens with zero attached hydrogens (tertiary/aromatic N) is 1. The van der Waals surface area contributed by atoms with Crippen LogP contribution < -0.4 is 10.5 Å². The Hall–Kier alpha value is -2.85. The van der Waals surface area contributed by atoms with Crippen molar-refractivity contribution in [2.75, 3.05) is 12.3 Å². The van der Waals surface area contributed by atoms with E-state index in [1.54, 1.807) is 12.1 Å². The van der Waals surface area contributed by atoms with Crippen LogP contribution in [0.1, 0.15) is 21.5 Å². The number of nitrogens with one attached hydrogen (secondary N) is 1. The highest BCUT2D eigenvalue weighted by atomic mass is 35.5. The number of nitrogens with two attached hydrogens (primary N) is 1. The quantitative estimate of drug-likeness (QED) is 0.394. The maximum Gasteiger partial charge on any atom is 0.416 e. The molecule has 0 spiro atoms. The molecule has 0 aromatic heterocycles. The highest BCUT2D eigenvalue weighted by Crippen LogP contribution is 2.33. The molecule has 0 saturated carbocycles. The highest BCUT2D eigenvalue weighted by molar-refractivity contribution is 7.89. The lowest BCUT2D eigenvalue weighted by atomic mass is 10.0. The lowest BCUT2D eigenvalue weighted by molar-refractivity contribution is -0.138. The van der Waals surface area contributed by atoms with E-state index in [1.165, 1.54) is 25.1 Å². The maximum atomic E-state index is 13.2. The van der Waals surface area contributed by atoms with Crippen LogP contribution in [0.2, 0.25) is 0 Å². The van der Waals surface area contributed by atoms with E-state index < -0.39 is 37.8 Å². The first-order chi connectivity index (χ1) is 14.4. The number of ketones is 1. The topological polar surface area (TPSA) is 102 Å². The molecule has 1 aliphatic heterocycles. The Morgan fingerprint density at radius 3 is 2.58 bits per heavy atom. The van der Waals surface area contributed by atoms with Crippen molar-refractivity contribution in [1.82, 2.24) is 4.72 Å². The molecular formula is C20H17ClF3N3O3S.